The zero-order chi connectivity index (χ0) is 11.7. The second kappa shape index (κ2) is 4.34. The third-order valence-electron chi connectivity index (χ3n) is 3.30. The first-order valence-corrected chi connectivity index (χ1v) is 5.87. The van der Waals surface area contributed by atoms with Crippen LogP contribution in [0.4, 0.5) is 0 Å². The topological polar surface area (TPSA) is 35.5 Å². The predicted molar refractivity (Wildman–Crippen MR) is 62.1 cm³/mol. The van der Waals surface area contributed by atoms with Crippen LogP contribution in [-0.2, 0) is 20.9 Å². The average Bonchev–Trinajstić information content (AvgIpc) is 2.89. The van der Waals surface area contributed by atoms with E-state index in [2.05, 4.69) is 6.08 Å². The Bertz CT molecular complexity index is 438. The molecule has 17 heavy (non-hydrogen) atoms. The Morgan fingerprint density at radius 3 is 2.94 bits per heavy atom. The quantitative estimate of drug-likeness (QED) is 0.589. The molecule has 0 saturated carbocycles. The molecule has 1 heterocycles. The molecular formula is C14H14O3. The van der Waals surface area contributed by atoms with Gasteiger partial charge in [-0.1, -0.05) is 36.4 Å². The zero-order valence-electron chi connectivity index (χ0n) is 9.41. The number of ether oxygens (including phenoxy) is 2. The summed E-state index contributed by atoms with van der Waals surface area (Å²) in [6.07, 6.45) is 4.41. The van der Waals surface area contributed by atoms with Crippen LogP contribution in [-0.4, -0.2) is 18.2 Å². The van der Waals surface area contributed by atoms with Gasteiger partial charge in [0.1, 0.15) is 6.10 Å². The summed E-state index contributed by atoms with van der Waals surface area (Å²) in [6.45, 7) is 0.462. The van der Waals surface area contributed by atoms with Gasteiger partial charge in [0.2, 0.25) is 0 Å². The minimum Gasteiger partial charge on any atom is -0.456 e. The Morgan fingerprint density at radius 1 is 1.29 bits per heavy atom. The maximum absolute atomic E-state index is 11.6. The lowest BCUT2D eigenvalue weighted by Gasteiger charge is -2.14. The first-order valence-electron chi connectivity index (χ1n) is 5.87. The maximum Gasteiger partial charge on any atom is 0.336 e. The molecule has 3 atom stereocenters. The summed E-state index contributed by atoms with van der Waals surface area (Å²) in [5.41, 5.74) is 1.08. The van der Waals surface area contributed by atoms with E-state index in [1.54, 1.807) is 0 Å². The minimum atomic E-state index is -0.407. The highest BCUT2D eigenvalue weighted by atomic mass is 16.6. The van der Waals surface area contributed by atoms with Crippen molar-refractivity contribution in [2.24, 2.45) is 5.92 Å². The van der Waals surface area contributed by atoms with Crippen molar-refractivity contribution in [2.45, 2.75) is 25.2 Å². The average molecular weight is 230 g/mol. The van der Waals surface area contributed by atoms with E-state index in [0.717, 1.165) is 12.0 Å². The molecule has 1 aromatic rings. The van der Waals surface area contributed by atoms with Crippen molar-refractivity contribution >= 4 is 5.97 Å². The molecule has 3 heteroatoms. The van der Waals surface area contributed by atoms with Crippen LogP contribution in [0.25, 0.3) is 0 Å². The molecule has 0 unspecified atom stereocenters. The Hall–Kier alpha value is -1.61. The molecule has 0 amide bonds. The van der Waals surface area contributed by atoms with Crippen molar-refractivity contribution in [1.82, 2.24) is 0 Å². The third kappa shape index (κ3) is 1.98. The van der Waals surface area contributed by atoms with Crippen LogP contribution in [0.2, 0.25) is 0 Å². The highest BCUT2D eigenvalue weighted by molar-refractivity contribution is 5.78. The molecule has 3 nitrogen and oxygen atoms in total. The fraction of sp³-hybridized carbons (Fsp3) is 0.357. The largest absolute Gasteiger partial charge is 0.456 e. The number of rotatable bonds is 3. The van der Waals surface area contributed by atoms with Gasteiger partial charge >= 0.3 is 5.97 Å². The van der Waals surface area contributed by atoms with Crippen LogP contribution in [0.3, 0.4) is 0 Å². The Morgan fingerprint density at radius 2 is 2.12 bits per heavy atom. The summed E-state index contributed by atoms with van der Waals surface area (Å²) in [5.74, 6) is -0.0495. The Labute approximate surface area is 100 Å². The van der Waals surface area contributed by atoms with Gasteiger partial charge in [-0.3, -0.25) is 0 Å². The normalized spacial score (nSPS) is 30.4. The number of allylic oxidation sites excluding steroid dienone is 1. The molecular weight excluding hydrogens is 216 g/mol. The van der Waals surface area contributed by atoms with Gasteiger partial charge in [-0.2, -0.15) is 0 Å². The van der Waals surface area contributed by atoms with Crippen LogP contribution in [0, 0.1) is 5.92 Å². The number of esters is 1. The van der Waals surface area contributed by atoms with Gasteiger partial charge in [-0.05, 0) is 18.1 Å². The Balaban J connectivity index is 1.64. The first-order chi connectivity index (χ1) is 8.34. The first kappa shape index (κ1) is 10.5. The van der Waals surface area contributed by atoms with E-state index in [1.807, 2.05) is 36.4 Å². The second-order valence-electron chi connectivity index (χ2n) is 4.45. The number of carbonyl (C=O) groups excluding carboxylic acids is 1. The molecule has 88 valence electrons. The van der Waals surface area contributed by atoms with Gasteiger partial charge in [0, 0.05) is 5.92 Å². The van der Waals surface area contributed by atoms with Crippen molar-refractivity contribution in [2.75, 3.05) is 0 Å². The summed E-state index contributed by atoms with van der Waals surface area (Å²) < 4.78 is 10.9. The van der Waals surface area contributed by atoms with Crippen molar-refractivity contribution in [3.8, 4) is 0 Å². The molecule has 3 rings (SSSR count). The molecule has 0 radical (unpaired) electrons. The van der Waals surface area contributed by atoms with Crippen LogP contribution in [0.1, 0.15) is 12.0 Å². The smallest absolute Gasteiger partial charge is 0.336 e. The standard InChI is InChI=1S/C14H14O3/c15-14-13(11-7-4-8-12(11)17-14)16-9-10-5-2-1-3-6-10/h1-6,8,11-13H,7,9H2/t11-,12+,13+/m0/s1. The molecule has 0 spiro atoms. The van der Waals surface area contributed by atoms with Crippen LogP contribution >= 0.6 is 0 Å². The molecule has 0 aromatic heterocycles. The Kier molecular flexibility index (Phi) is 2.69. The van der Waals surface area contributed by atoms with E-state index >= 15 is 0 Å². The number of benzene rings is 1. The summed E-state index contributed by atoms with van der Waals surface area (Å²) in [7, 11) is 0. The SMILES string of the molecule is O=C1O[C@@H]2C=CC[C@@H]2[C@H]1OCc1ccccc1. The van der Waals surface area contributed by atoms with Crippen molar-refractivity contribution in [3.63, 3.8) is 0 Å². The van der Waals surface area contributed by atoms with E-state index in [4.69, 9.17) is 9.47 Å². The van der Waals surface area contributed by atoms with E-state index < -0.39 is 6.10 Å². The molecule has 1 aliphatic carbocycles. The lowest BCUT2D eigenvalue weighted by molar-refractivity contribution is -0.149. The molecule has 1 saturated heterocycles. The second-order valence-corrected chi connectivity index (χ2v) is 4.45. The lowest BCUT2D eigenvalue weighted by Crippen LogP contribution is -2.26. The lowest BCUT2D eigenvalue weighted by atomic mass is 10.0. The van der Waals surface area contributed by atoms with E-state index in [9.17, 15) is 4.79 Å². The van der Waals surface area contributed by atoms with Gasteiger partial charge in [0.05, 0.1) is 6.61 Å². The molecule has 0 N–H and O–H groups in total. The highest BCUT2D eigenvalue weighted by Crippen LogP contribution is 2.34. The molecule has 1 aromatic carbocycles. The van der Waals surface area contributed by atoms with Gasteiger partial charge in [0.25, 0.3) is 0 Å². The minimum absolute atomic E-state index is 0.0664. The third-order valence-corrected chi connectivity index (χ3v) is 3.30. The van der Waals surface area contributed by atoms with Gasteiger partial charge in [-0.15, -0.1) is 0 Å². The fourth-order valence-electron chi connectivity index (χ4n) is 2.40. The number of hydrogen-bond donors (Lipinski definition) is 0. The molecule has 0 bridgehead atoms. The monoisotopic (exact) mass is 230 g/mol. The van der Waals surface area contributed by atoms with Crippen LogP contribution in [0.15, 0.2) is 42.5 Å². The van der Waals surface area contributed by atoms with Crippen LogP contribution < -0.4 is 0 Å². The van der Waals surface area contributed by atoms with Crippen LogP contribution in [0.5, 0.6) is 0 Å². The van der Waals surface area contributed by atoms with E-state index in [-0.39, 0.29) is 18.0 Å². The van der Waals surface area contributed by atoms with E-state index in [1.165, 1.54) is 0 Å². The van der Waals surface area contributed by atoms with E-state index in [0.29, 0.717) is 6.61 Å². The summed E-state index contributed by atoms with van der Waals surface area (Å²) in [5, 5.41) is 0. The fourth-order valence-corrected chi connectivity index (χ4v) is 2.40. The summed E-state index contributed by atoms with van der Waals surface area (Å²) in [6, 6.07) is 9.87. The maximum atomic E-state index is 11.6. The summed E-state index contributed by atoms with van der Waals surface area (Å²) >= 11 is 0. The number of hydrogen-bond acceptors (Lipinski definition) is 3. The highest BCUT2D eigenvalue weighted by Gasteiger charge is 2.45. The predicted octanol–water partition coefficient (Wildman–Crippen LogP) is 2.07. The van der Waals surface area contributed by atoms with Gasteiger partial charge in [0.15, 0.2) is 6.10 Å². The van der Waals surface area contributed by atoms with Gasteiger partial charge < -0.3 is 9.47 Å². The van der Waals surface area contributed by atoms with Gasteiger partial charge in [-0.25, -0.2) is 4.79 Å². The van der Waals surface area contributed by atoms with Crippen molar-refractivity contribution in [1.29, 1.82) is 0 Å². The number of carbonyl (C=O) groups is 1. The number of fused-ring (bicyclic) bond motifs is 1. The van der Waals surface area contributed by atoms with Crippen molar-refractivity contribution in [3.05, 3.63) is 48.0 Å². The molecule has 2 aliphatic rings. The zero-order valence-corrected chi connectivity index (χ0v) is 9.41. The van der Waals surface area contributed by atoms with Crippen molar-refractivity contribution < 1.29 is 14.3 Å². The summed E-state index contributed by atoms with van der Waals surface area (Å²) in [4.78, 5) is 11.6. The molecule has 1 aliphatic heterocycles. The molecule has 1 fully saturated rings.